The number of anilines is 1. The van der Waals surface area contributed by atoms with Gasteiger partial charge in [-0.2, -0.15) is 0 Å². The fraction of sp³-hybridized carbons (Fsp3) is 0.192. The Morgan fingerprint density at radius 1 is 0.970 bits per heavy atom. The molecule has 168 valence electrons. The van der Waals surface area contributed by atoms with Gasteiger partial charge in [-0.3, -0.25) is 14.6 Å². The Morgan fingerprint density at radius 2 is 1.67 bits per heavy atom. The van der Waals surface area contributed by atoms with Crippen LogP contribution in [0.25, 0.3) is 5.57 Å². The van der Waals surface area contributed by atoms with Crippen molar-refractivity contribution in [1.82, 2.24) is 9.88 Å². The van der Waals surface area contributed by atoms with E-state index in [4.69, 9.17) is 4.74 Å². The van der Waals surface area contributed by atoms with E-state index in [2.05, 4.69) is 4.98 Å². The second kappa shape index (κ2) is 9.65. The number of para-hydroxylation sites is 1. The fourth-order valence-electron chi connectivity index (χ4n) is 3.92. The summed E-state index contributed by atoms with van der Waals surface area (Å²) in [4.78, 5) is 34.0. The minimum absolute atomic E-state index is 0.0568. The summed E-state index contributed by atoms with van der Waals surface area (Å²) in [5, 5.41) is 0. The number of ether oxygens (including phenoxy) is 1. The number of aromatic nitrogens is 1. The minimum atomic E-state index is -0.630. The highest BCUT2D eigenvalue weighted by Crippen LogP contribution is 2.36. The van der Waals surface area contributed by atoms with Gasteiger partial charge in [0.15, 0.2) is 0 Å². The summed E-state index contributed by atoms with van der Waals surface area (Å²) in [6, 6.07) is 16.6. The first-order valence-corrected chi connectivity index (χ1v) is 10.7. The van der Waals surface area contributed by atoms with E-state index in [0.29, 0.717) is 30.8 Å². The van der Waals surface area contributed by atoms with E-state index in [-0.39, 0.29) is 17.0 Å². The average molecular weight is 445 g/mol. The lowest BCUT2D eigenvalue weighted by molar-refractivity contribution is -0.120. The highest BCUT2D eigenvalue weighted by Gasteiger charge is 2.43. The summed E-state index contributed by atoms with van der Waals surface area (Å²) >= 11 is 0. The van der Waals surface area contributed by atoms with Crippen molar-refractivity contribution in [1.29, 1.82) is 0 Å². The van der Waals surface area contributed by atoms with Crippen molar-refractivity contribution < 1.29 is 18.7 Å². The Bertz CT molecular complexity index is 1190. The zero-order chi connectivity index (χ0) is 23.4. The van der Waals surface area contributed by atoms with Crippen LogP contribution in [0.3, 0.4) is 0 Å². The van der Waals surface area contributed by atoms with Crippen molar-refractivity contribution in [2.45, 2.75) is 13.3 Å². The number of amides is 2. The smallest absolute Gasteiger partial charge is 0.282 e. The van der Waals surface area contributed by atoms with Gasteiger partial charge in [-0.05, 0) is 60.9 Å². The Balaban J connectivity index is 1.77. The molecule has 2 amide bonds. The van der Waals surface area contributed by atoms with Crippen molar-refractivity contribution in [2.75, 3.05) is 25.1 Å². The molecule has 0 bridgehead atoms. The van der Waals surface area contributed by atoms with E-state index in [1.54, 1.807) is 49.8 Å². The number of pyridine rings is 1. The normalized spacial score (nSPS) is 13.6. The molecule has 1 aromatic heterocycles. The second-order valence-corrected chi connectivity index (χ2v) is 7.53. The van der Waals surface area contributed by atoms with Crippen molar-refractivity contribution in [3.05, 3.63) is 95.7 Å². The maximum Gasteiger partial charge on any atom is 0.282 e. The van der Waals surface area contributed by atoms with Gasteiger partial charge in [-0.25, -0.2) is 9.29 Å². The van der Waals surface area contributed by atoms with Gasteiger partial charge >= 0.3 is 0 Å². The number of rotatable bonds is 8. The van der Waals surface area contributed by atoms with Crippen LogP contribution in [0.2, 0.25) is 0 Å². The number of methoxy groups -OCH3 is 1. The molecule has 1 aliphatic heterocycles. The van der Waals surface area contributed by atoms with Gasteiger partial charge in [0, 0.05) is 25.5 Å². The molecular weight excluding hydrogens is 421 g/mol. The lowest BCUT2D eigenvalue weighted by Crippen LogP contribution is -2.36. The van der Waals surface area contributed by atoms with Crippen LogP contribution in [0.15, 0.2) is 78.8 Å². The molecule has 4 rings (SSSR count). The van der Waals surface area contributed by atoms with Crippen LogP contribution in [0.5, 0.6) is 5.75 Å². The number of imide groups is 1. The van der Waals surface area contributed by atoms with Crippen molar-refractivity contribution in [3.63, 3.8) is 0 Å². The highest BCUT2D eigenvalue weighted by molar-refractivity contribution is 6.45. The van der Waals surface area contributed by atoms with E-state index in [1.807, 2.05) is 24.0 Å². The molecular formula is C26H24FN3O3. The first-order valence-electron chi connectivity index (χ1n) is 10.7. The monoisotopic (exact) mass is 445 g/mol. The number of likely N-dealkylation sites (N-methyl/N-ethyl adjacent to an activating group) is 1. The number of hydrogen-bond donors (Lipinski definition) is 0. The van der Waals surface area contributed by atoms with Gasteiger partial charge in [0.25, 0.3) is 11.8 Å². The highest BCUT2D eigenvalue weighted by atomic mass is 19.1. The molecule has 2 heterocycles. The summed E-state index contributed by atoms with van der Waals surface area (Å²) in [6.45, 7) is 2.94. The number of benzene rings is 2. The number of hydrogen-bond acceptors (Lipinski definition) is 5. The summed E-state index contributed by atoms with van der Waals surface area (Å²) < 4.78 is 19.8. The van der Waals surface area contributed by atoms with E-state index in [9.17, 15) is 14.0 Å². The zero-order valence-corrected chi connectivity index (χ0v) is 18.5. The molecule has 0 aliphatic carbocycles. The first-order chi connectivity index (χ1) is 16.0. The molecule has 1 aliphatic rings. The van der Waals surface area contributed by atoms with E-state index in [1.165, 1.54) is 18.2 Å². The van der Waals surface area contributed by atoms with E-state index >= 15 is 0 Å². The average Bonchev–Trinajstić information content (AvgIpc) is 3.10. The largest absolute Gasteiger partial charge is 0.497 e. The van der Waals surface area contributed by atoms with Crippen LogP contribution in [-0.4, -0.2) is 41.9 Å². The third-order valence-electron chi connectivity index (χ3n) is 5.65. The topological polar surface area (TPSA) is 62.7 Å². The third-order valence-corrected chi connectivity index (χ3v) is 5.65. The second-order valence-electron chi connectivity index (χ2n) is 7.53. The van der Waals surface area contributed by atoms with E-state index in [0.717, 1.165) is 10.5 Å². The molecule has 0 saturated heterocycles. The van der Waals surface area contributed by atoms with Crippen LogP contribution in [0.1, 0.15) is 18.1 Å². The number of carbonyl (C=O) groups is 2. The molecule has 6 nitrogen and oxygen atoms in total. The first kappa shape index (κ1) is 22.2. The Morgan fingerprint density at radius 3 is 2.30 bits per heavy atom. The molecule has 3 aromatic rings. The van der Waals surface area contributed by atoms with Gasteiger partial charge in [0.05, 0.1) is 18.4 Å². The quantitative estimate of drug-likeness (QED) is 0.489. The summed E-state index contributed by atoms with van der Waals surface area (Å²) in [5.74, 6) is -1.08. The molecule has 0 fully saturated rings. The van der Waals surface area contributed by atoms with Gasteiger partial charge in [-0.15, -0.1) is 0 Å². The maximum atomic E-state index is 14.6. The van der Waals surface area contributed by atoms with Crippen LogP contribution < -0.4 is 9.64 Å². The predicted molar refractivity (Wildman–Crippen MR) is 124 cm³/mol. The SMILES string of the molecule is CCN(CCc1ccncc1)C1=C(c2ccc(OC)cc2)C(=O)N(c2ccccc2F)C1=O. The van der Waals surface area contributed by atoms with Crippen LogP contribution in [0, 0.1) is 5.82 Å². The number of halogens is 1. The molecule has 0 spiro atoms. The summed E-state index contributed by atoms with van der Waals surface area (Å²) in [6.07, 6.45) is 4.10. The Hall–Kier alpha value is -4.00. The zero-order valence-electron chi connectivity index (χ0n) is 18.5. The molecule has 0 radical (unpaired) electrons. The van der Waals surface area contributed by atoms with Gasteiger partial charge in [-0.1, -0.05) is 24.3 Å². The standard InChI is InChI=1S/C26H24FN3O3/c1-3-29(17-14-18-12-15-28-16-13-18)24-23(19-8-10-20(33-2)11-9-19)25(31)30(26(24)32)22-7-5-4-6-21(22)27/h4-13,15-16H,3,14,17H2,1-2H3. The predicted octanol–water partition coefficient (Wildman–Crippen LogP) is 4.08. The van der Waals surface area contributed by atoms with Gasteiger partial charge < -0.3 is 9.64 Å². The minimum Gasteiger partial charge on any atom is -0.497 e. The van der Waals surface area contributed by atoms with Crippen LogP contribution >= 0.6 is 0 Å². The van der Waals surface area contributed by atoms with Crippen molar-refractivity contribution in [3.8, 4) is 5.75 Å². The van der Waals surface area contributed by atoms with Crippen LogP contribution in [-0.2, 0) is 16.0 Å². The van der Waals surface area contributed by atoms with E-state index < -0.39 is 17.6 Å². The summed E-state index contributed by atoms with van der Waals surface area (Å²) in [5.41, 5.74) is 2.11. The van der Waals surface area contributed by atoms with Crippen molar-refractivity contribution in [2.24, 2.45) is 0 Å². The van der Waals surface area contributed by atoms with Crippen LogP contribution in [0.4, 0.5) is 10.1 Å². The van der Waals surface area contributed by atoms with Gasteiger partial charge in [0.1, 0.15) is 17.3 Å². The lowest BCUT2D eigenvalue weighted by Gasteiger charge is -2.25. The molecule has 2 aromatic carbocycles. The van der Waals surface area contributed by atoms with Crippen molar-refractivity contribution >= 4 is 23.1 Å². The third kappa shape index (κ3) is 4.35. The van der Waals surface area contributed by atoms with Gasteiger partial charge in [0.2, 0.25) is 0 Å². The molecule has 0 unspecified atom stereocenters. The maximum absolute atomic E-state index is 14.6. The Kier molecular flexibility index (Phi) is 6.49. The summed E-state index contributed by atoms with van der Waals surface area (Å²) in [7, 11) is 1.56. The Labute approximate surface area is 191 Å². The number of nitrogens with zero attached hydrogens (tertiary/aromatic N) is 3. The molecule has 0 N–H and O–H groups in total. The molecule has 0 atom stereocenters. The fourth-order valence-corrected chi connectivity index (χ4v) is 3.92. The molecule has 7 heteroatoms. The number of carbonyl (C=O) groups excluding carboxylic acids is 2. The lowest BCUT2D eigenvalue weighted by atomic mass is 10.0. The molecule has 0 saturated carbocycles. The molecule has 33 heavy (non-hydrogen) atoms.